The minimum absolute atomic E-state index is 0.0502. The highest BCUT2D eigenvalue weighted by Crippen LogP contribution is 2.53. The van der Waals surface area contributed by atoms with Crippen LogP contribution in [0.25, 0.3) is 0 Å². The first kappa shape index (κ1) is 13.3. The summed E-state index contributed by atoms with van der Waals surface area (Å²) in [6.07, 6.45) is 5.03. The maximum atomic E-state index is 11.0. The van der Waals surface area contributed by atoms with Gasteiger partial charge in [-0.1, -0.05) is 25.2 Å². The second kappa shape index (κ2) is 4.54. The van der Waals surface area contributed by atoms with Crippen LogP contribution in [-0.4, -0.2) is 22.3 Å². The van der Waals surface area contributed by atoms with Crippen LogP contribution in [0.5, 0.6) is 0 Å². The molecule has 100 valence electrons. The third-order valence-corrected chi connectivity index (χ3v) is 5.09. The zero-order chi connectivity index (χ0) is 13.5. The Kier molecular flexibility index (Phi) is 3.37. The quantitative estimate of drug-likeness (QED) is 0.585. The predicted octanol–water partition coefficient (Wildman–Crippen LogP) is 2.76. The van der Waals surface area contributed by atoms with Crippen molar-refractivity contribution in [1.82, 2.24) is 0 Å². The van der Waals surface area contributed by atoms with Gasteiger partial charge >= 0.3 is 5.97 Å². The molecule has 0 spiro atoms. The maximum Gasteiger partial charge on any atom is 0.331 e. The summed E-state index contributed by atoms with van der Waals surface area (Å²) >= 11 is 0. The molecular formula is C15H22O3. The molecule has 0 amide bonds. The fraction of sp³-hybridized carbons (Fsp3) is 0.667. The molecule has 0 radical (unpaired) electrons. The Morgan fingerprint density at radius 3 is 2.83 bits per heavy atom. The smallest absolute Gasteiger partial charge is 0.331 e. The molecule has 3 nitrogen and oxygen atoms in total. The van der Waals surface area contributed by atoms with E-state index in [0.29, 0.717) is 5.57 Å². The largest absolute Gasteiger partial charge is 0.478 e. The molecule has 2 N–H and O–H groups in total. The molecule has 0 saturated heterocycles. The van der Waals surface area contributed by atoms with Gasteiger partial charge in [0.15, 0.2) is 0 Å². The zero-order valence-corrected chi connectivity index (χ0v) is 11.1. The van der Waals surface area contributed by atoms with Crippen molar-refractivity contribution >= 4 is 5.97 Å². The summed E-state index contributed by atoms with van der Waals surface area (Å²) in [5, 5.41) is 19.3. The van der Waals surface area contributed by atoms with E-state index in [9.17, 15) is 9.90 Å². The van der Waals surface area contributed by atoms with Crippen LogP contribution in [0.4, 0.5) is 0 Å². The number of carboxylic acids is 1. The van der Waals surface area contributed by atoms with Crippen LogP contribution in [0.15, 0.2) is 23.8 Å². The number of hydrogen-bond acceptors (Lipinski definition) is 2. The minimum Gasteiger partial charge on any atom is -0.478 e. The molecule has 2 rings (SSSR count). The first-order valence-corrected chi connectivity index (χ1v) is 6.63. The normalized spacial score (nSPS) is 39.7. The molecule has 0 aromatic heterocycles. The van der Waals surface area contributed by atoms with E-state index in [-0.39, 0.29) is 23.4 Å². The van der Waals surface area contributed by atoms with Gasteiger partial charge in [0, 0.05) is 11.0 Å². The average molecular weight is 250 g/mol. The second-order valence-corrected chi connectivity index (χ2v) is 6.06. The first-order valence-electron chi connectivity index (χ1n) is 6.63. The van der Waals surface area contributed by atoms with Crippen molar-refractivity contribution in [2.24, 2.45) is 17.3 Å². The van der Waals surface area contributed by atoms with Gasteiger partial charge < -0.3 is 10.2 Å². The number of fused-ring (bicyclic) bond motifs is 1. The Morgan fingerprint density at radius 1 is 1.56 bits per heavy atom. The van der Waals surface area contributed by atoms with E-state index in [2.05, 4.69) is 26.5 Å². The SMILES string of the molecule is C=C(C(=O)O)C1CCC2(C)C(O)CC=C(C)C2C1. The van der Waals surface area contributed by atoms with Crippen molar-refractivity contribution in [2.45, 2.75) is 45.6 Å². The average Bonchev–Trinajstić information content (AvgIpc) is 2.33. The minimum atomic E-state index is -0.887. The highest BCUT2D eigenvalue weighted by molar-refractivity contribution is 5.86. The van der Waals surface area contributed by atoms with Crippen LogP contribution < -0.4 is 0 Å². The summed E-state index contributed by atoms with van der Waals surface area (Å²) in [5.74, 6) is -0.549. The topological polar surface area (TPSA) is 57.5 Å². The van der Waals surface area contributed by atoms with Crippen LogP contribution >= 0.6 is 0 Å². The summed E-state index contributed by atoms with van der Waals surface area (Å²) in [7, 11) is 0. The third-order valence-electron chi connectivity index (χ3n) is 5.09. The van der Waals surface area contributed by atoms with E-state index >= 15 is 0 Å². The summed E-state index contributed by atoms with van der Waals surface area (Å²) in [5.41, 5.74) is 1.53. The number of hydrogen-bond donors (Lipinski definition) is 2. The molecule has 3 heteroatoms. The molecule has 2 aliphatic carbocycles. The number of allylic oxidation sites excluding steroid dienone is 1. The van der Waals surface area contributed by atoms with Gasteiger partial charge in [-0.25, -0.2) is 4.79 Å². The van der Waals surface area contributed by atoms with Gasteiger partial charge in [-0.05, 0) is 44.4 Å². The van der Waals surface area contributed by atoms with Crippen molar-refractivity contribution < 1.29 is 15.0 Å². The van der Waals surface area contributed by atoms with Gasteiger partial charge in [-0.2, -0.15) is 0 Å². The van der Waals surface area contributed by atoms with Crippen LogP contribution in [0.3, 0.4) is 0 Å². The number of rotatable bonds is 2. The summed E-state index contributed by atoms with van der Waals surface area (Å²) in [4.78, 5) is 11.0. The van der Waals surface area contributed by atoms with Crippen molar-refractivity contribution in [2.75, 3.05) is 0 Å². The van der Waals surface area contributed by atoms with Gasteiger partial charge in [0.2, 0.25) is 0 Å². The lowest BCUT2D eigenvalue weighted by Crippen LogP contribution is -2.46. The molecule has 0 heterocycles. The molecule has 4 unspecified atom stereocenters. The molecule has 0 aliphatic heterocycles. The number of aliphatic hydroxyl groups excluding tert-OH is 1. The standard InChI is InChI=1S/C15H22O3/c1-9-4-5-13(16)15(3)7-6-11(8-12(9)15)10(2)14(17)18/h4,11-13,16H,2,5-8H2,1,3H3,(H,17,18). The molecular weight excluding hydrogens is 228 g/mol. The fourth-order valence-corrected chi connectivity index (χ4v) is 3.64. The molecule has 1 fully saturated rings. The van der Waals surface area contributed by atoms with Crippen molar-refractivity contribution in [3.05, 3.63) is 23.8 Å². The fourth-order valence-electron chi connectivity index (χ4n) is 3.64. The van der Waals surface area contributed by atoms with Gasteiger partial charge in [-0.15, -0.1) is 0 Å². The first-order chi connectivity index (χ1) is 8.36. The number of carboxylic acid groups (broad SMARTS) is 1. The van der Waals surface area contributed by atoms with E-state index in [0.717, 1.165) is 25.7 Å². The molecule has 1 saturated carbocycles. The third kappa shape index (κ3) is 2.01. The number of carbonyl (C=O) groups is 1. The van der Waals surface area contributed by atoms with Gasteiger partial charge in [0.05, 0.1) is 6.10 Å². The summed E-state index contributed by atoms with van der Waals surface area (Å²) in [6, 6.07) is 0. The molecule has 0 aromatic rings. The van der Waals surface area contributed by atoms with Gasteiger partial charge in [0.25, 0.3) is 0 Å². The van der Waals surface area contributed by atoms with Crippen LogP contribution in [0.1, 0.15) is 39.5 Å². The van der Waals surface area contributed by atoms with Gasteiger partial charge in [0.1, 0.15) is 0 Å². The lowest BCUT2D eigenvalue weighted by Gasteiger charge is -2.50. The lowest BCUT2D eigenvalue weighted by molar-refractivity contribution is -0.133. The molecule has 0 bridgehead atoms. The highest BCUT2D eigenvalue weighted by atomic mass is 16.4. The van der Waals surface area contributed by atoms with Crippen LogP contribution in [0, 0.1) is 17.3 Å². The van der Waals surface area contributed by atoms with Crippen LogP contribution in [-0.2, 0) is 4.79 Å². The Bertz CT molecular complexity index is 410. The zero-order valence-electron chi connectivity index (χ0n) is 11.1. The van der Waals surface area contributed by atoms with E-state index in [1.165, 1.54) is 5.57 Å². The Hall–Kier alpha value is -1.09. The number of aliphatic hydroxyl groups is 1. The Morgan fingerprint density at radius 2 is 2.22 bits per heavy atom. The van der Waals surface area contributed by atoms with E-state index in [4.69, 9.17) is 5.11 Å². The Balaban J connectivity index is 2.22. The van der Waals surface area contributed by atoms with Crippen molar-refractivity contribution in [3.63, 3.8) is 0 Å². The Labute approximate surface area is 108 Å². The van der Waals surface area contributed by atoms with E-state index in [1.54, 1.807) is 0 Å². The van der Waals surface area contributed by atoms with Crippen LogP contribution in [0.2, 0.25) is 0 Å². The summed E-state index contributed by atoms with van der Waals surface area (Å²) < 4.78 is 0. The maximum absolute atomic E-state index is 11.0. The molecule has 4 atom stereocenters. The van der Waals surface area contributed by atoms with E-state index in [1.807, 2.05) is 0 Å². The van der Waals surface area contributed by atoms with Crippen molar-refractivity contribution in [3.8, 4) is 0 Å². The monoisotopic (exact) mass is 250 g/mol. The predicted molar refractivity (Wildman–Crippen MR) is 70.1 cm³/mol. The highest BCUT2D eigenvalue weighted by Gasteiger charge is 2.47. The molecule has 18 heavy (non-hydrogen) atoms. The van der Waals surface area contributed by atoms with E-state index < -0.39 is 5.97 Å². The molecule has 2 aliphatic rings. The van der Waals surface area contributed by atoms with Gasteiger partial charge in [-0.3, -0.25) is 0 Å². The molecule has 0 aromatic carbocycles. The second-order valence-electron chi connectivity index (χ2n) is 6.06. The lowest BCUT2D eigenvalue weighted by atomic mass is 9.56. The number of aliphatic carboxylic acids is 1. The summed E-state index contributed by atoms with van der Waals surface area (Å²) in [6.45, 7) is 7.94. The van der Waals surface area contributed by atoms with Crippen molar-refractivity contribution in [1.29, 1.82) is 0 Å².